The van der Waals surface area contributed by atoms with Gasteiger partial charge in [-0.05, 0) is 30.7 Å². The van der Waals surface area contributed by atoms with E-state index in [1.54, 1.807) is 16.6 Å². The van der Waals surface area contributed by atoms with Gasteiger partial charge in [-0.15, -0.1) is 0 Å². The molecule has 0 atom stereocenters. The number of carbonyl (C=O) groups excluding carboxylic acids is 1. The third-order valence-electron chi connectivity index (χ3n) is 4.19. The zero-order valence-electron chi connectivity index (χ0n) is 15.0. The number of nitrogens with one attached hydrogen (secondary N) is 1. The van der Waals surface area contributed by atoms with Crippen molar-refractivity contribution in [2.24, 2.45) is 5.10 Å². The predicted octanol–water partition coefficient (Wildman–Crippen LogP) is 3.61. The molecule has 0 fully saturated rings. The first-order chi connectivity index (χ1) is 13.6. The highest BCUT2D eigenvalue weighted by atomic mass is 19.1. The number of aromatic nitrogens is 3. The van der Waals surface area contributed by atoms with Gasteiger partial charge in [0.15, 0.2) is 5.65 Å². The molecule has 0 aliphatic rings. The Morgan fingerprint density at radius 1 is 1.14 bits per heavy atom. The van der Waals surface area contributed by atoms with Crippen LogP contribution in [0.3, 0.4) is 0 Å². The van der Waals surface area contributed by atoms with Gasteiger partial charge in [0.05, 0.1) is 18.1 Å². The average Bonchev–Trinajstić information content (AvgIpc) is 3.13. The lowest BCUT2D eigenvalue weighted by Crippen LogP contribution is -2.17. The Balaban J connectivity index is 1.63. The molecule has 0 aliphatic heterocycles. The highest BCUT2D eigenvalue weighted by molar-refractivity contribution is 6.00. The van der Waals surface area contributed by atoms with Crippen molar-refractivity contribution in [2.45, 2.75) is 6.92 Å². The van der Waals surface area contributed by atoms with Crippen molar-refractivity contribution in [2.75, 3.05) is 0 Å². The lowest BCUT2D eigenvalue weighted by Gasteiger charge is -2.05. The summed E-state index contributed by atoms with van der Waals surface area (Å²) in [7, 11) is 0. The van der Waals surface area contributed by atoms with Gasteiger partial charge in [0, 0.05) is 11.3 Å². The number of aryl methyl sites for hydroxylation is 1. The van der Waals surface area contributed by atoms with Crippen LogP contribution in [0.2, 0.25) is 0 Å². The van der Waals surface area contributed by atoms with Crippen molar-refractivity contribution < 1.29 is 9.18 Å². The summed E-state index contributed by atoms with van der Waals surface area (Å²) in [5.41, 5.74) is 6.28. The zero-order chi connectivity index (χ0) is 19.5. The van der Waals surface area contributed by atoms with E-state index in [-0.39, 0.29) is 5.82 Å². The van der Waals surface area contributed by atoms with Crippen LogP contribution in [0.25, 0.3) is 16.9 Å². The molecular formula is C21H16FN5O. The number of nitrogens with zero attached hydrogens (tertiary/aromatic N) is 4. The van der Waals surface area contributed by atoms with Crippen molar-refractivity contribution in [1.29, 1.82) is 0 Å². The van der Waals surface area contributed by atoms with E-state index in [1.807, 2.05) is 43.3 Å². The number of benzene rings is 2. The molecule has 4 rings (SSSR count). The quantitative estimate of drug-likeness (QED) is 0.439. The second kappa shape index (κ2) is 7.40. The number of hydrogen-bond acceptors (Lipinski definition) is 4. The minimum atomic E-state index is -0.445. The van der Waals surface area contributed by atoms with Gasteiger partial charge in [-0.3, -0.25) is 4.79 Å². The molecule has 1 N–H and O–H groups in total. The van der Waals surface area contributed by atoms with Crippen molar-refractivity contribution >= 4 is 17.8 Å². The summed E-state index contributed by atoms with van der Waals surface area (Å²) < 4.78 is 14.8. The van der Waals surface area contributed by atoms with Crippen LogP contribution in [0, 0.1) is 12.7 Å². The van der Waals surface area contributed by atoms with Gasteiger partial charge in [0.1, 0.15) is 11.4 Å². The van der Waals surface area contributed by atoms with Gasteiger partial charge in [-0.2, -0.15) is 10.2 Å². The van der Waals surface area contributed by atoms with E-state index in [0.717, 1.165) is 17.0 Å². The molecule has 7 heteroatoms. The molecule has 0 saturated carbocycles. The maximum atomic E-state index is 13.2. The molecule has 28 heavy (non-hydrogen) atoms. The molecule has 0 saturated heterocycles. The molecule has 0 spiro atoms. The molecule has 0 radical (unpaired) electrons. The SMILES string of the molecule is Cc1cc(-c2ccccc2)nc2c(C(=O)NN=Cc3cccc(F)c3)cnn12. The monoisotopic (exact) mass is 373 g/mol. The third kappa shape index (κ3) is 3.50. The van der Waals surface area contributed by atoms with Gasteiger partial charge in [0.2, 0.25) is 0 Å². The summed E-state index contributed by atoms with van der Waals surface area (Å²) in [6.45, 7) is 1.90. The maximum Gasteiger partial charge on any atom is 0.276 e. The highest BCUT2D eigenvalue weighted by Crippen LogP contribution is 2.20. The minimum absolute atomic E-state index is 0.303. The van der Waals surface area contributed by atoms with Gasteiger partial charge >= 0.3 is 0 Å². The van der Waals surface area contributed by atoms with Gasteiger partial charge in [0.25, 0.3) is 5.91 Å². The Bertz CT molecular complexity index is 1180. The first-order valence-corrected chi connectivity index (χ1v) is 8.61. The topological polar surface area (TPSA) is 71.7 Å². The number of fused-ring (bicyclic) bond motifs is 1. The fraction of sp³-hybridized carbons (Fsp3) is 0.0476. The van der Waals surface area contributed by atoms with E-state index in [9.17, 15) is 9.18 Å². The lowest BCUT2D eigenvalue weighted by atomic mass is 10.1. The van der Waals surface area contributed by atoms with Crippen LogP contribution >= 0.6 is 0 Å². The molecule has 0 unspecified atom stereocenters. The van der Waals surface area contributed by atoms with Crippen LogP contribution in [0.1, 0.15) is 21.6 Å². The molecule has 0 bridgehead atoms. The average molecular weight is 373 g/mol. The van der Waals surface area contributed by atoms with E-state index in [2.05, 4.69) is 20.6 Å². The van der Waals surface area contributed by atoms with E-state index in [4.69, 9.17) is 0 Å². The number of amides is 1. The summed E-state index contributed by atoms with van der Waals surface area (Å²) >= 11 is 0. The molecule has 0 aliphatic carbocycles. The normalized spacial score (nSPS) is 11.2. The molecule has 138 valence electrons. The first kappa shape index (κ1) is 17.5. The minimum Gasteiger partial charge on any atom is -0.267 e. The third-order valence-corrected chi connectivity index (χ3v) is 4.19. The van der Waals surface area contributed by atoms with Crippen molar-refractivity contribution in [3.05, 3.63) is 89.5 Å². The summed E-state index contributed by atoms with van der Waals surface area (Å²) in [4.78, 5) is 17.1. The van der Waals surface area contributed by atoms with E-state index in [0.29, 0.717) is 16.8 Å². The standard InChI is InChI=1S/C21H16FN5O/c1-14-10-19(16-7-3-2-4-8-16)25-20-18(13-24-27(14)20)21(28)26-23-12-15-6-5-9-17(22)11-15/h2-13H,1H3,(H,26,28). The van der Waals surface area contributed by atoms with Crippen LogP contribution in [-0.2, 0) is 0 Å². The fourth-order valence-corrected chi connectivity index (χ4v) is 2.84. The Hall–Kier alpha value is -3.87. The van der Waals surface area contributed by atoms with Crippen LogP contribution in [0.5, 0.6) is 0 Å². The van der Waals surface area contributed by atoms with Gasteiger partial charge in [-0.1, -0.05) is 42.5 Å². The molecule has 4 aromatic rings. The van der Waals surface area contributed by atoms with Crippen LogP contribution in [0.4, 0.5) is 4.39 Å². The molecule has 6 nitrogen and oxygen atoms in total. The highest BCUT2D eigenvalue weighted by Gasteiger charge is 2.16. The summed E-state index contributed by atoms with van der Waals surface area (Å²) in [5, 5.41) is 8.14. The molecule has 2 aromatic carbocycles. The van der Waals surface area contributed by atoms with E-state index >= 15 is 0 Å². The van der Waals surface area contributed by atoms with E-state index < -0.39 is 5.91 Å². The largest absolute Gasteiger partial charge is 0.276 e. The van der Waals surface area contributed by atoms with Crippen molar-refractivity contribution in [3.8, 4) is 11.3 Å². The van der Waals surface area contributed by atoms with Crippen LogP contribution in [0.15, 0.2) is 72.0 Å². The van der Waals surface area contributed by atoms with Crippen LogP contribution < -0.4 is 5.43 Å². The van der Waals surface area contributed by atoms with Gasteiger partial charge in [-0.25, -0.2) is 19.3 Å². The fourth-order valence-electron chi connectivity index (χ4n) is 2.84. The summed E-state index contributed by atoms with van der Waals surface area (Å²) in [6, 6.07) is 17.5. The first-order valence-electron chi connectivity index (χ1n) is 8.61. The summed E-state index contributed by atoms with van der Waals surface area (Å²) in [6.07, 6.45) is 2.83. The Morgan fingerprint density at radius 3 is 2.75 bits per heavy atom. The van der Waals surface area contributed by atoms with Crippen LogP contribution in [-0.4, -0.2) is 26.7 Å². The molecule has 2 heterocycles. The number of halogens is 1. The maximum absolute atomic E-state index is 13.2. The Morgan fingerprint density at radius 2 is 1.96 bits per heavy atom. The smallest absolute Gasteiger partial charge is 0.267 e. The predicted molar refractivity (Wildman–Crippen MR) is 105 cm³/mol. The second-order valence-electron chi connectivity index (χ2n) is 6.20. The zero-order valence-corrected chi connectivity index (χ0v) is 15.0. The summed E-state index contributed by atoms with van der Waals surface area (Å²) in [5.74, 6) is -0.814. The Kier molecular flexibility index (Phi) is 4.63. The number of rotatable bonds is 4. The second-order valence-corrected chi connectivity index (χ2v) is 6.20. The van der Waals surface area contributed by atoms with Gasteiger partial charge < -0.3 is 0 Å². The Labute approximate surface area is 160 Å². The number of carbonyl (C=O) groups is 1. The van der Waals surface area contributed by atoms with Crippen molar-refractivity contribution in [3.63, 3.8) is 0 Å². The molecule has 1 amide bonds. The van der Waals surface area contributed by atoms with Crippen molar-refractivity contribution in [1.82, 2.24) is 20.0 Å². The number of hydrazone groups is 1. The molecular weight excluding hydrogens is 357 g/mol. The van der Waals surface area contributed by atoms with E-state index in [1.165, 1.54) is 24.5 Å². The number of hydrogen-bond donors (Lipinski definition) is 1. The lowest BCUT2D eigenvalue weighted by molar-refractivity contribution is 0.0956. The molecule has 2 aromatic heterocycles.